The van der Waals surface area contributed by atoms with Gasteiger partial charge in [-0.1, -0.05) is 6.07 Å². The van der Waals surface area contributed by atoms with Crippen molar-refractivity contribution in [3.8, 4) is 0 Å². The van der Waals surface area contributed by atoms with Crippen molar-refractivity contribution in [3.05, 3.63) is 89.5 Å². The number of hydrogen-bond acceptors (Lipinski definition) is 4. The number of nitrogens with zero attached hydrogens (tertiary/aromatic N) is 2. The van der Waals surface area contributed by atoms with Gasteiger partial charge in [0, 0.05) is 24.0 Å². The third-order valence-corrected chi connectivity index (χ3v) is 6.38. The van der Waals surface area contributed by atoms with E-state index >= 15 is 0 Å². The molecule has 0 aliphatic carbocycles. The highest BCUT2D eigenvalue weighted by molar-refractivity contribution is 7.89. The topological polar surface area (TPSA) is 79.4 Å². The van der Waals surface area contributed by atoms with Crippen molar-refractivity contribution in [2.75, 3.05) is 11.4 Å². The first-order valence-corrected chi connectivity index (χ1v) is 11.0. The van der Waals surface area contributed by atoms with Gasteiger partial charge in [-0.3, -0.25) is 9.78 Å². The van der Waals surface area contributed by atoms with E-state index in [0.717, 1.165) is 5.56 Å². The lowest BCUT2D eigenvalue weighted by Crippen LogP contribution is -2.35. The summed E-state index contributed by atoms with van der Waals surface area (Å²) < 4.78 is 41.1. The van der Waals surface area contributed by atoms with Crippen molar-refractivity contribution >= 4 is 21.6 Å². The van der Waals surface area contributed by atoms with Crippen molar-refractivity contribution in [1.29, 1.82) is 0 Å². The van der Waals surface area contributed by atoms with E-state index < -0.39 is 15.8 Å². The van der Waals surface area contributed by atoms with Crippen LogP contribution in [0.4, 0.5) is 10.1 Å². The van der Waals surface area contributed by atoms with E-state index in [9.17, 15) is 17.6 Å². The first-order valence-electron chi connectivity index (χ1n) is 9.54. The van der Waals surface area contributed by atoms with Gasteiger partial charge in [-0.25, -0.2) is 17.5 Å². The molecule has 0 bridgehead atoms. The van der Waals surface area contributed by atoms with Crippen LogP contribution in [0, 0.1) is 5.82 Å². The molecule has 0 saturated heterocycles. The fourth-order valence-corrected chi connectivity index (χ4v) is 4.50. The third-order valence-electron chi connectivity index (χ3n) is 4.99. The van der Waals surface area contributed by atoms with E-state index in [4.69, 9.17) is 0 Å². The van der Waals surface area contributed by atoms with Crippen molar-refractivity contribution in [2.45, 2.75) is 24.3 Å². The average molecular weight is 425 g/mol. The normalized spacial score (nSPS) is 13.7. The summed E-state index contributed by atoms with van der Waals surface area (Å²) in [6.45, 7) is 0.614. The maximum Gasteiger partial charge on any atom is 0.258 e. The highest BCUT2D eigenvalue weighted by Crippen LogP contribution is 2.30. The average Bonchev–Trinajstić information content (AvgIpc) is 2.78. The van der Waals surface area contributed by atoms with Crippen molar-refractivity contribution in [2.24, 2.45) is 0 Å². The van der Waals surface area contributed by atoms with Crippen LogP contribution in [-0.2, 0) is 23.0 Å². The number of anilines is 1. The molecule has 6 nitrogen and oxygen atoms in total. The summed E-state index contributed by atoms with van der Waals surface area (Å²) in [5.74, 6) is -0.640. The molecule has 1 aliphatic heterocycles. The van der Waals surface area contributed by atoms with Gasteiger partial charge in [0.15, 0.2) is 0 Å². The number of halogens is 1. The molecule has 8 heteroatoms. The van der Waals surface area contributed by atoms with Gasteiger partial charge in [0.25, 0.3) is 5.91 Å². The summed E-state index contributed by atoms with van der Waals surface area (Å²) in [6, 6.07) is 15.5. The largest absolute Gasteiger partial charge is 0.308 e. The van der Waals surface area contributed by atoms with Gasteiger partial charge >= 0.3 is 0 Å². The van der Waals surface area contributed by atoms with Crippen LogP contribution >= 0.6 is 0 Å². The van der Waals surface area contributed by atoms with E-state index in [1.54, 1.807) is 41.4 Å². The van der Waals surface area contributed by atoms with Gasteiger partial charge < -0.3 is 4.90 Å². The summed E-state index contributed by atoms with van der Waals surface area (Å²) in [6.07, 6.45) is 2.99. The number of hydrogen-bond donors (Lipinski definition) is 1. The Bertz CT molecular complexity index is 1170. The smallest absolute Gasteiger partial charge is 0.258 e. The summed E-state index contributed by atoms with van der Waals surface area (Å²) in [5, 5.41) is 0. The molecule has 30 heavy (non-hydrogen) atoms. The molecule has 1 amide bonds. The number of carbonyl (C=O) groups excluding carboxylic acids is 1. The molecule has 1 aliphatic rings. The Balaban J connectivity index is 1.57. The number of aromatic nitrogens is 1. The molecule has 3 aromatic rings. The van der Waals surface area contributed by atoms with Crippen LogP contribution < -0.4 is 9.62 Å². The van der Waals surface area contributed by atoms with Gasteiger partial charge in [-0.2, -0.15) is 0 Å². The first kappa shape index (κ1) is 20.2. The first-order chi connectivity index (χ1) is 14.4. The zero-order valence-corrected chi connectivity index (χ0v) is 16.9. The number of pyridine rings is 1. The number of amides is 1. The predicted molar refractivity (Wildman–Crippen MR) is 111 cm³/mol. The van der Waals surface area contributed by atoms with Crippen LogP contribution in [0.2, 0.25) is 0 Å². The lowest BCUT2D eigenvalue weighted by molar-refractivity contribution is 0.0985. The second kappa shape index (κ2) is 8.33. The van der Waals surface area contributed by atoms with Crippen LogP contribution in [0.1, 0.15) is 28.0 Å². The summed E-state index contributed by atoms with van der Waals surface area (Å²) in [5.41, 5.74) is 2.48. The molecule has 0 radical (unpaired) electrons. The zero-order valence-electron chi connectivity index (χ0n) is 16.1. The fourth-order valence-electron chi connectivity index (χ4n) is 3.45. The van der Waals surface area contributed by atoms with Gasteiger partial charge in [-0.15, -0.1) is 0 Å². The molecule has 154 valence electrons. The number of nitrogens with one attached hydrogen (secondary N) is 1. The Kier molecular flexibility index (Phi) is 5.61. The second-order valence-electron chi connectivity index (χ2n) is 7.00. The number of benzene rings is 2. The summed E-state index contributed by atoms with van der Waals surface area (Å²) in [4.78, 5) is 18.8. The quantitative estimate of drug-likeness (QED) is 0.680. The third kappa shape index (κ3) is 4.24. The highest BCUT2D eigenvalue weighted by atomic mass is 32.2. The van der Waals surface area contributed by atoms with Crippen molar-refractivity contribution < 1.29 is 17.6 Å². The predicted octanol–water partition coefficient (Wildman–Crippen LogP) is 3.29. The maximum absolute atomic E-state index is 13.2. The molecule has 0 fully saturated rings. The Morgan fingerprint density at radius 1 is 1.10 bits per heavy atom. The van der Waals surface area contributed by atoms with Crippen molar-refractivity contribution in [3.63, 3.8) is 0 Å². The van der Waals surface area contributed by atoms with E-state index in [1.807, 2.05) is 0 Å². The fraction of sp³-hybridized carbons (Fsp3) is 0.182. The van der Waals surface area contributed by atoms with Crippen LogP contribution in [0.15, 0.2) is 71.8 Å². The molecular weight excluding hydrogens is 405 g/mol. The van der Waals surface area contributed by atoms with Crippen molar-refractivity contribution in [1.82, 2.24) is 9.71 Å². The molecule has 0 saturated carbocycles. The molecule has 0 spiro atoms. The summed E-state index contributed by atoms with van der Waals surface area (Å²) >= 11 is 0. The lowest BCUT2D eigenvalue weighted by Gasteiger charge is -2.30. The zero-order chi connectivity index (χ0) is 21.1. The maximum atomic E-state index is 13.2. The van der Waals surface area contributed by atoms with Gasteiger partial charge in [-0.05, 0) is 73.0 Å². The standard InChI is InChI=1S/C22H20FN3O3S/c23-18-8-6-16(7-9-18)22(27)26-13-3-4-17-14-20(10-11-21(17)26)30(28,29)25-15-19-5-1-2-12-24-19/h1-2,5-12,14,25H,3-4,13,15H2. The molecule has 2 aromatic carbocycles. The van der Waals surface area contributed by atoms with Gasteiger partial charge in [0.2, 0.25) is 10.0 Å². The number of sulfonamides is 1. The van der Waals surface area contributed by atoms with Crippen LogP contribution in [0.5, 0.6) is 0 Å². The minimum Gasteiger partial charge on any atom is -0.308 e. The second-order valence-corrected chi connectivity index (χ2v) is 8.77. The number of aryl methyl sites for hydroxylation is 1. The summed E-state index contributed by atoms with van der Waals surface area (Å²) in [7, 11) is -3.72. The van der Waals surface area contributed by atoms with Gasteiger partial charge in [0.05, 0.1) is 17.1 Å². The Morgan fingerprint density at radius 3 is 2.63 bits per heavy atom. The number of carbonyl (C=O) groups is 1. The van der Waals surface area contributed by atoms with E-state index in [2.05, 4.69) is 9.71 Å². The number of rotatable bonds is 5. The molecular formula is C22H20FN3O3S. The monoisotopic (exact) mass is 425 g/mol. The molecule has 4 rings (SSSR count). The molecule has 0 unspecified atom stereocenters. The van der Waals surface area contributed by atoms with Crippen LogP contribution in [0.25, 0.3) is 0 Å². The number of fused-ring (bicyclic) bond motifs is 1. The van der Waals surface area contributed by atoms with Gasteiger partial charge in [0.1, 0.15) is 5.82 Å². The van der Waals surface area contributed by atoms with E-state index in [-0.39, 0.29) is 17.3 Å². The lowest BCUT2D eigenvalue weighted by atomic mass is 10.0. The molecule has 2 heterocycles. The molecule has 1 aromatic heterocycles. The van der Waals surface area contributed by atoms with E-state index in [1.165, 1.54) is 30.3 Å². The van der Waals surface area contributed by atoms with Crippen LogP contribution in [0.3, 0.4) is 0 Å². The SMILES string of the molecule is O=C(c1ccc(F)cc1)N1CCCc2cc(S(=O)(=O)NCc3ccccn3)ccc21. The Hall–Kier alpha value is -3.10. The Labute approximate surface area is 174 Å². The molecule has 0 atom stereocenters. The Morgan fingerprint density at radius 2 is 1.90 bits per heavy atom. The minimum absolute atomic E-state index is 0.0927. The minimum atomic E-state index is -3.72. The highest BCUT2D eigenvalue weighted by Gasteiger charge is 2.25. The van der Waals surface area contributed by atoms with E-state index in [0.29, 0.717) is 36.3 Å². The molecule has 1 N–H and O–H groups in total. The van der Waals surface area contributed by atoms with Crippen LogP contribution in [-0.4, -0.2) is 25.9 Å².